The second kappa shape index (κ2) is 7.19. The molecule has 0 radical (unpaired) electrons. The van der Waals surface area contributed by atoms with Gasteiger partial charge in [-0.1, -0.05) is 41.5 Å². The Morgan fingerprint density at radius 1 is 0.935 bits per heavy atom. The Kier molecular flexibility index (Phi) is 5.46. The molecule has 4 aliphatic rings. The number of hydrogen-bond donors (Lipinski definition) is 3. The van der Waals surface area contributed by atoms with E-state index >= 15 is 0 Å². The quantitative estimate of drug-likeness (QED) is 0.534. The lowest BCUT2D eigenvalue weighted by molar-refractivity contribution is -0.298. The molecule has 10 atom stereocenters. The third kappa shape index (κ3) is 2.76. The van der Waals surface area contributed by atoms with Crippen molar-refractivity contribution < 1.29 is 20.1 Å². The van der Waals surface area contributed by atoms with Crippen molar-refractivity contribution in [3.63, 3.8) is 0 Å². The lowest BCUT2D eigenvalue weighted by atomic mass is 9.29. The van der Waals surface area contributed by atoms with E-state index in [0.717, 1.165) is 38.5 Å². The monoisotopic (exact) mass is 434 g/mol. The molecule has 4 saturated carbocycles. The molecule has 4 fully saturated rings. The Morgan fingerprint density at radius 2 is 1.58 bits per heavy atom. The smallest absolute Gasteiger partial charge is 0.303 e. The number of fused-ring (bicyclic) bond motifs is 5. The van der Waals surface area contributed by atoms with Gasteiger partial charge < -0.3 is 15.3 Å². The van der Waals surface area contributed by atoms with Crippen LogP contribution in [0, 0.1) is 44.8 Å². The van der Waals surface area contributed by atoms with Gasteiger partial charge in [-0.3, -0.25) is 4.79 Å². The standard InChI is InChI=1S/C27H46O4/c1-17(7-8-22(30)31)20-11-14-25(4)24(3)13-9-18-15-19(28)10-12-23(18,2)26(24,5)16-21(29)27(20,25)6/h17-21,28-29H,7-16H2,1-6H3,(H,30,31)/t17-,18-,19-,20-,21+,23+,24+,25+,26-,27+/m1/s1. The van der Waals surface area contributed by atoms with Crippen LogP contribution in [0.3, 0.4) is 0 Å². The Balaban J connectivity index is 1.74. The molecule has 4 aliphatic carbocycles. The minimum atomic E-state index is -0.716. The molecule has 0 aromatic rings. The maximum absolute atomic E-state index is 11.9. The van der Waals surface area contributed by atoms with E-state index in [9.17, 15) is 20.1 Å². The highest BCUT2D eigenvalue weighted by Crippen LogP contribution is 2.82. The largest absolute Gasteiger partial charge is 0.481 e. The summed E-state index contributed by atoms with van der Waals surface area (Å²) in [5.74, 6) is 0.502. The fourth-order valence-electron chi connectivity index (χ4n) is 10.2. The van der Waals surface area contributed by atoms with Crippen molar-refractivity contribution in [1.29, 1.82) is 0 Å². The molecule has 31 heavy (non-hydrogen) atoms. The van der Waals surface area contributed by atoms with E-state index in [1.54, 1.807) is 0 Å². The van der Waals surface area contributed by atoms with E-state index in [2.05, 4.69) is 41.5 Å². The number of rotatable bonds is 4. The van der Waals surface area contributed by atoms with Gasteiger partial charge in [-0.05, 0) is 97.2 Å². The normalized spacial score (nSPS) is 55.1. The summed E-state index contributed by atoms with van der Waals surface area (Å²) in [6, 6.07) is 0. The molecule has 0 aromatic heterocycles. The fourth-order valence-corrected chi connectivity index (χ4v) is 10.2. The second-order valence-electron chi connectivity index (χ2n) is 13.1. The molecular weight excluding hydrogens is 388 g/mol. The molecule has 0 aromatic carbocycles. The van der Waals surface area contributed by atoms with Crippen LogP contribution in [0.1, 0.15) is 106 Å². The first-order valence-electron chi connectivity index (χ1n) is 12.8. The van der Waals surface area contributed by atoms with Crippen LogP contribution in [0.2, 0.25) is 0 Å². The van der Waals surface area contributed by atoms with Crippen molar-refractivity contribution in [2.24, 2.45) is 44.8 Å². The van der Waals surface area contributed by atoms with Crippen molar-refractivity contribution >= 4 is 5.97 Å². The topological polar surface area (TPSA) is 77.8 Å². The average molecular weight is 435 g/mol. The lowest BCUT2D eigenvalue weighted by Gasteiger charge is -2.76. The summed E-state index contributed by atoms with van der Waals surface area (Å²) in [4.78, 5) is 11.2. The van der Waals surface area contributed by atoms with Gasteiger partial charge in [0.2, 0.25) is 0 Å². The van der Waals surface area contributed by atoms with Crippen LogP contribution in [0.5, 0.6) is 0 Å². The van der Waals surface area contributed by atoms with Gasteiger partial charge in [0.1, 0.15) is 0 Å². The molecule has 4 heteroatoms. The van der Waals surface area contributed by atoms with Gasteiger partial charge >= 0.3 is 5.97 Å². The summed E-state index contributed by atoms with van der Waals surface area (Å²) in [6.07, 6.45) is 8.66. The van der Waals surface area contributed by atoms with E-state index in [1.165, 1.54) is 12.8 Å². The van der Waals surface area contributed by atoms with Gasteiger partial charge in [-0.15, -0.1) is 0 Å². The maximum atomic E-state index is 11.9. The molecule has 3 N–H and O–H groups in total. The van der Waals surface area contributed by atoms with Crippen LogP contribution >= 0.6 is 0 Å². The summed E-state index contributed by atoms with van der Waals surface area (Å²) >= 11 is 0. The van der Waals surface area contributed by atoms with Crippen molar-refractivity contribution in [2.45, 2.75) is 118 Å². The van der Waals surface area contributed by atoms with Crippen LogP contribution in [0.15, 0.2) is 0 Å². The summed E-state index contributed by atoms with van der Waals surface area (Å²) in [5.41, 5.74) is 0.158. The molecule has 4 nitrogen and oxygen atoms in total. The Labute approximate surface area is 189 Å². The number of aliphatic carboxylic acids is 1. The Hall–Kier alpha value is -0.610. The number of hydrogen-bond acceptors (Lipinski definition) is 3. The van der Waals surface area contributed by atoms with Crippen molar-refractivity contribution in [1.82, 2.24) is 0 Å². The summed E-state index contributed by atoms with van der Waals surface area (Å²) in [7, 11) is 0. The molecule has 0 saturated heterocycles. The van der Waals surface area contributed by atoms with Gasteiger partial charge in [0, 0.05) is 11.8 Å². The zero-order valence-electron chi connectivity index (χ0n) is 20.7. The van der Waals surface area contributed by atoms with Gasteiger partial charge in [-0.25, -0.2) is 0 Å². The highest BCUT2D eigenvalue weighted by molar-refractivity contribution is 5.66. The van der Waals surface area contributed by atoms with Crippen LogP contribution in [0.25, 0.3) is 0 Å². The highest BCUT2D eigenvalue weighted by Gasteiger charge is 2.77. The van der Waals surface area contributed by atoms with E-state index in [4.69, 9.17) is 0 Å². The third-order valence-corrected chi connectivity index (χ3v) is 12.9. The molecule has 4 rings (SSSR count). The molecule has 178 valence electrons. The summed E-state index contributed by atoms with van der Waals surface area (Å²) in [5, 5.41) is 31.5. The first-order valence-corrected chi connectivity index (χ1v) is 12.8. The van der Waals surface area contributed by atoms with Gasteiger partial charge in [0.05, 0.1) is 12.2 Å². The van der Waals surface area contributed by atoms with Crippen LogP contribution in [-0.4, -0.2) is 33.5 Å². The Morgan fingerprint density at radius 3 is 2.23 bits per heavy atom. The van der Waals surface area contributed by atoms with Crippen molar-refractivity contribution in [3.8, 4) is 0 Å². The minimum absolute atomic E-state index is 0.0264. The lowest BCUT2D eigenvalue weighted by Crippen LogP contribution is -2.72. The third-order valence-electron chi connectivity index (χ3n) is 12.9. The summed E-state index contributed by atoms with van der Waals surface area (Å²) < 4.78 is 0. The number of aliphatic hydroxyl groups excluding tert-OH is 2. The number of aliphatic hydroxyl groups is 2. The first-order chi connectivity index (χ1) is 14.3. The zero-order chi connectivity index (χ0) is 23.0. The molecule has 0 spiro atoms. The fraction of sp³-hybridized carbons (Fsp3) is 0.963. The van der Waals surface area contributed by atoms with Crippen molar-refractivity contribution in [3.05, 3.63) is 0 Å². The Bertz CT molecular complexity index is 737. The molecule has 0 bridgehead atoms. The van der Waals surface area contributed by atoms with Gasteiger partial charge in [0.25, 0.3) is 0 Å². The minimum Gasteiger partial charge on any atom is -0.481 e. The zero-order valence-corrected chi connectivity index (χ0v) is 20.7. The molecule has 0 heterocycles. The SMILES string of the molecule is C[C@H](CCC(=O)O)[C@H]1CC[C@]2(C)[C@]1(C)[C@@H](O)C[C@@]1(C)[C@@]2(C)CC[C@@H]2C[C@H](O)CC[C@@]21C. The maximum Gasteiger partial charge on any atom is 0.303 e. The van der Waals surface area contributed by atoms with E-state index < -0.39 is 5.97 Å². The second-order valence-corrected chi connectivity index (χ2v) is 13.1. The van der Waals surface area contributed by atoms with Crippen LogP contribution in [0.4, 0.5) is 0 Å². The number of carboxylic acid groups (broad SMARTS) is 1. The van der Waals surface area contributed by atoms with Gasteiger partial charge in [-0.2, -0.15) is 0 Å². The predicted octanol–water partition coefficient (Wildman–Crippen LogP) is 5.65. The van der Waals surface area contributed by atoms with E-state index in [-0.39, 0.29) is 45.7 Å². The molecule has 0 amide bonds. The molecule has 0 unspecified atom stereocenters. The van der Waals surface area contributed by atoms with Gasteiger partial charge in [0.15, 0.2) is 0 Å². The van der Waals surface area contributed by atoms with Crippen molar-refractivity contribution in [2.75, 3.05) is 0 Å². The number of carboxylic acids is 1. The van der Waals surface area contributed by atoms with E-state index in [1.807, 2.05) is 0 Å². The van der Waals surface area contributed by atoms with Crippen LogP contribution < -0.4 is 0 Å². The van der Waals surface area contributed by atoms with E-state index in [0.29, 0.717) is 24.2 Å². The molecular formula is C27H46O4. The molecule has 0 aliphatic heterocycles. The average Bonchev–Trinajstić information content (AvgIpc) is 2.98. The predicted molar refractivity (Wildman–Crippen MR) is 122 cm³/mol. The summed E-state index contributed by atoms with van der Waals surface area (Å²) in [6.45, 7) is 14.5. The first kappa shape index (κ1) is 23.5. The number of carbonyl (C=O) groups is 1. The highest BCUT2D eigenvalue weighted by atomic mass is 16.4. The van der Waals surface area contributed by atoms with Crippen LogP contribution in [-0.2, 0) is 4.79 Å².